The minimum Gasteiger partial charge on any atom is -0.379 e. The molecule has 2 rings (SSSR count). The number of hydrogen-bond donors (Lipinski definition) is 0. The van der Waals surface area contributed by atoms with Crippen LogP contribution in [0.5, 0.6) is 0 Å². The van der Waals surface area contributed by atoms with Crippen LogP contribution >= 0.6 is 23.2 Å². The Kier molecular flexibility index (Phi) is 5.11. The molecule has 1 heterocycles. The Labute approximate surface area is 112 Å². The van der Waals surface area contributed by atoms with Gasteiger partial charge in [-0.25, -0.2) is 0 Å². The molecule has 2 nitrogen and oxygen atoms in total. The van der Waals surface area contributed by atoms with Crippen molar-refractivity contribution in [3.05, 3.63) is 35.9 Å². The predicted molar refractivity (Wildman–Crippen MR) is 71.9 cm³/mol. The van der Waals surface area contributed by atoms with Gasteiger partial charge in [-0.05, 0) is 5.56 Å². The van der Waals surface area contributed by atoms with E-state index in [0.717, 1.165) is 38.4 Å². The molecule has 0 amide bonds. The summed E-state index contributed by atoms with van der Waals surface area (Å²) in [4.78, 5) is 2.31. The van der Waals surface area contributed by atoms with Gasteiger partial charge in [0.1, 0.15) is 0 Å². The Morgan fingerprint density at radius 3 is 2.41 bits per heavy atom. The molecule has 1 aliphatic rings. The highest BCUT2D eigenvalue weighted by Crippen LogP contribution is 2.28. The summed E-state index contributed by atoms with van der Waals surface area (Å²) in [6.45, 7) is 4.29. The highest BCUT2D eigenvalue weighted by molar-refractivity contribution is 6.30. The van der Waals surface area contributed by atoms with Crippen LogP contribution < -0.4 is 0 Å². The van der Waals surface area contributed by atoms with E-state index in [0.29, 0.717) is 0 Å². The second-order valence-electron chi connectivity index (χ2n) is 4.24. The maximum atomic E-state index is 6.39. The van der Waals surface area contributed by atoms with Gasteiger partial charge in [-0.15, -0.1) is 23.2 Å². The molecule has 0 aromatic heterocycles. The second kappa shape index (κ2) is 6.60. The van der Waals surface area contributed by atoms with Crippen LogP contribution in [0, 0.1) is 0 Å². The van der Waals surface area contributed by atoms with Crippen LogP contribution in [-0.4, -0.2) is 43.1 Å². The van der Waals surface area contributed by atoms with Crippen LogP contribution in [0.15, 0.2) is 30.3 Å². The van der Waals surface area contributed by atoms with Crippen molar-refractivity contribution in [1.82, 2.24) is 4.90 Å². The zero-order chi connectivity index (χ0) is 12.1. The lowest BCUT2D eigenvalue weighted by molar-refractivity contribution is 0.0378. The molecular formula is C13H17Cl2NO. The van der Waals surface area contributed by atoms with Crippen molar-refractivity contribution in [3.63, 3.8) is 0 Å². The van der Waals surface area contributed by atoms with E-state index < -0.39 is 0 Å². The molecule has 94 valence electrons. The Bertz CT molecular complexity index is 327. The summed E-state index contributed by atoms with van der Waals surface area (Å²) in [5.41, 5.74) is 1.09. The first-order chi connectivity index (χ1) is 8.27. The van der Waals surface area contributed by atoms with E-state index in [1.807, 2.05) is 30.3 Å². The maximum absolute atomic E-state index is 6.39. The van der Waals surface area contributed by atoms with Crippen molar-refractivity contribution in [3.8, 4) is 0 Å². The largest absolute Gasteiger partial charge is 0.379 e. The van der Waals surface area contributed by atoms with Gasteiger partial charge in [-0.3, -0.25) is 4.90 Å². The first kappa shape index (κ1) is 13.2. The van der Waals surface area contributed by atoms with Gasteiger partial charge in [0.15, 0.2) is 0 Å². The molecule has 17 heavy (non-hydrogen) atoms. The predicted octanol–water partition coefficient (Wildman–Crippen LogP) is 2.91. The lowest BCUT2D eigenvalue weighted by Gasteiger charge is -2.29. The summed E-state index contributed by atoms with van der Waals surface area (Å²) in [6, 6.07) is 10.0. The number of hydrogen-bond acceptors (Lipinski definition) is 2. The van der Waals surface area contributed by atoms with Crippen LogP contribution in [0.2, 0.25) is 0 Å². The van der Waals surface area contributed by atoms with Crippen LogP contribution in [0.4, 0.5) is 0 Å². The Morgan fingerprint density at radius 1 is 1.12 bits per heavy atom. The normalized spacial score (nSPS) is 21.1. The molecule has 0 radical (unpaired) electrons. The van der Waals surface area contributed by atoms with E-state index in [1.54, 1.807) is 0 Å². The standard InChI is InChI=1S/C13H17Cl2NO/c14-12(10-16-6-8-17-9-7-16)13(15)11-4-2-1-3-5-11/h1-5,12-13H,6-10H2/t12-,13-/m1/s1. The SMILES string of the molecule is Cl[C@H](CN1CCOCC1)[C@H](Cl)c1ccccc1. The van der Waals surface area contributed by atoms with E-state index >= 15 is 0 Å². The van der Waals surface area contributed by atoms with Gasteiger partial charge in [-0.2, -0.15) is 0 Å². The first-order valence-corrected chi connectivity index (χ1v) is 6.78. The summed E-state index contributed by atoms with van der Waals surface area (Å²) in [5.74, 6) is 0. The minimum atomic E-state index is -0.138. The number of morpholine rings is 1. The first-order valence-electron chi connectivity index (χ1n) is 5.90. The average Bonchev–Trinajstić information content (AvgIpc) is 2.40. The van der Waals surface area contributed by atoms with Gasteiger partial charge in [-0.1, -0.05) is 30.3 Å². The number of benzene rings is 1. The highest BCUT2D eigenvalue weighted by Gasteiger charge is 2.22. The van der Waals surface area contributed by atoms with Crippen molar-refractivity contribution in [1.29, 1.82) is 0 Å². The summed E-state index contributed by atoms with van der Waals surface area (Å²) >= 11 is 12.8. The van der Waals surface area contributed by atoms with Crippen molar-refractivity contribution in [2.75, 3.05) is 32.8 Å². The zero-order valence-corrected chi connectivity index (χ0v) is 11.2. The molecule has 4 heteroatoms. The van der Waals surface area contributed by atoms with Crippen molar-refractivity contribution < 1.29 is 4.74 Å². The Hall–Kier alpha value is -0.280. The molecule has 1 aromatic rings. The summed E-state index contributed by atoms with van der Waals surface area (Å²) in [7, 11) is 0. The van der Waals surface area contributed by atoms with Crippen LogP contribution in [0.1, 0.15) is 10.9 Å². The van der Waals surface area contributed by atoms with Gasteiger partial charge in [0.2, 0.25) is 0 Å². The molecule has 1 aliphatic heterocycles. The van der Waals surface area contributed by atoms with E-state index in [2.05, 4.69) is 4.90 Å². The number of halogens is 2. The second-order valence-corrected chi connectivity index (χ2v) is 5.27. The van der Waals surface area contributed by atoms with Gasteiger partial charge in [0, 0.05) is 19.6 Å². The summed E-state index contributed by atoms with van der Waals surface area (Å²) in [5, 5.41) is -0.210. The smallest absolute Gasteiger partial charge is 0.0761 e. The Balaban J connectivity index is 1.88. The Morgan fingerprint density at radius 2 is 1.76 bits per heavy atom. The summed E-state index contributed by atoms with van der Waals surface area (Å²) < 4.78 is 5.31. The quantitative estimate of drug-likeness (QED) is 0.783. The molecular weight excluding hydrogens is 257 g/mol. The highest BCUT2D eigenvalue weighted by atomic mass is 35.5. The van der Waals surface area contributed by atoms with Crippen LogP contribution in [0.25, 0.3) is 0 Å². The molecule has 0 saturated carbocycles. The lowest BCUT2D eigenvalue weighted by atomic mass is 10.1. The maximum Gasteiger partial charge on any atom is 0.0761 e. The monoisotopic (exact) mass is 273 g/mol. The van der Waals surface area contributed by atoms with E-state index in [4.69, 9.17) is 27.9 Å². The number of nitrogens with zero attached hydrogens (tertiary/aromatic N) is 1. The third kappa shape index (κ3) is 3.85. The number of ether oxygens (including phenoxy) is 1. The lowest BCUT2D eigenvalue weighted by Crippen LogP contribution is -2.40. The van der Waals surface area contributed by atoms with Crippen LogP contribution in [0.3, 0.4) is 0 Å². The molecule has 1 aromatic carbocycles. The molecule has 0 spiro atoms. The molecule has 2 atom stereocenters. The van der Waals surface area contributed by atoms with Crippen molar-refractivity contribution in [2.45, 2.75) is 10.8 Å². The number of rotatable bonds is 4. The fraction of sp³-hybridized carbons (Fsp3) is 0.538. The molecule has 0 bridgehead atoms. The molecule has 0 unspecified atom stereocenters. The third-order valence-electron chi connectivity index (χ3n) is 2.97. The zero-order valence-electron chi connectivity index (χ0n) is 9.69. The van der Waals surface area contributed by atoms with Crippen molar-refractivity contribution in [2.24, 2.45) is 0 Å². The fourth-order valence-corrected chi connectivity index (χ4v) is 2.53. The van der Waals surface area contributed by atoms with E-state index in [1.165, 1.54) is 0 Å². The van der Waals surface area contributed by atoms with Gasteiger partial charge < -0.3 is 4.74 Å². The molecule has 0 N–H and O–H groups in total. The third-order valence-corrected chi connectivity index (χ3v) is 4.05. The fourth-order valence-electron chi connectivity index (χ4n) is 1.97. The van der Waals surface area contributed by atoms with E-state index in [-0.39, 0.29) is 10.8 Å². The topological polar surface area (TPSA) is 12.5 Å². The van der Waals surface area contributed by atoms with Crippen molar-refractivity contribution >= 4 is 23.2 Å². The number of alkyl halides is 2. The minimum absolute atomic E-state index is 0.0721. The molecule has 1 saturated heterocycles. The van der Waals surface area contributed by atoms with Gasteiger partial charge in [0.05, 0.1) is 24.0 Å². The average molecular weight is 274 g/mol. The molecule has 0 aliphatic carbocycles. The van der Waals surface area contributed by atoms with E-state index in [9.17, 15) is 0 Å². The van der Waals surface area contributed by atoms with Crippen LogP contribution in [-0.2, 0) is 4.74 Å². The van der Waals surface area contributed by atoms with Gasteiger partial charge >= 0.3 is 0 Å². The van der Waals surface area contributed by atoms with Gasteiger partial charge in [0.25, 0.3) is 0 Å². The molecule has 1 fully saturated rings. The summed E-state index contributed by atoms with van der Waals surface area (Å²) in [6.07, 6.45) is 0.